The maximum absolute atomic E-state index is 13.7. The van der Waals surface area contributed by atoms with Gasteiger partial charge in [-0.25, -0.2) is 4.98 Å². The van der Waals surface area contributed by atoms with E-state index in [4.69, 9.17) is 0 Å². The molecule has 214 valence electrons. The molecule has 0 fully saturated rings. The minimum atomic E-state index is -0.258. The lowest BCUT2D eigenvalue weighted by atomic mass is 10.0. The number of nitrogens with one attached hydrogen (secondary N) is 3. The van der Waals surface area contributed by atoms with Crippen molar-refractivity contribution in [2.24, 2.45) is 0 Å². The molecule has 2 aromatic carbocycles. The van der Waals surface area contributed by atoms with E-state index >= 15 is 0 Å². The highest BCUT2D eigenvalue weighted by atomic mass is 32.1. The molecule has 3 N–H and O–H groups in total. The molecule has 1 unspecified atom stereocenters. The molecule has 9 heteroatoms. The zero-order valence-electron chi connectivity index (χ0n) is 24.0. The lowest BCUT2D eigenvalue weighted by Crippen LogP contribution is -2.45. The third kappa shape index (κ3) is 8.96. The van der Waals surface area contributed by atoms with Gasteiger partial charge in [0.05, 0.1) is 17.2 Å². The number of hydrogen-bond donors (Lipinski definition) is 3. The Morgan fingerprint density at radius 1 is 0.951 bits per heavy atom. The van der Waals surface area contributed by atoms with Crippen LogP contribution in [0.15, 0.2) is 83.9 Å². The van der Waals surface area contributed by atoms with Crippen LogP contribution in [0.25, 0.3) is 0 Å². The maximum Gasteiger partial charge on any atom is 0.251 e. The Balaban J connectivity index is 1.60. The molecule has 4 rings (SSSR count). The van der Waals surface area contributed by atoms with Crippen LogP contribution in [-0.2, 0) is 13.0 Å². The second kappa shape index (κ2) is 14.5. The van der Waals surface area contributed by atoms with Crippen molar-refractivity contribution in [3.05, 3.63) is 112 Å². The van der Waals surface area contributed by atoms with Gasteiger partial charge in [0.15, 0.2) is 0 Å². The quantitative estimate of drug-likeness (QED) is 0.209. The molecule has 0 aliphatic carbocycles. The highest BCUT2D eigenvalue weighted by Crippen LogP contribution is 2.22. The zero-order chi connectivity index (χ0) is 29.2. The van der Waals surface area contributed by atoms with Crippen LogP contribution in [0.2, 0.25) is 0 Å². The van der Waals surface area contributed by atoms with Gasteiger partial charge in [0.25, 0.3) is 11.8 Å². The lowest BCUT2D eigenvalue weighted by Gasteiger charge is -2.23. The van der Waals surface area contributed by atoms with Crippen LogP contribution in [-0.4, -0.2) is 47.5 Å². The Labute approximate surface area is 246 Å². The van der Waals surface area contributed by atoms with Crippen LogP contribution >= 0.6 is 11.3 Å². The number of carbonyl (C=O) groups excluding carboxylic acids is 2. The first kappa shape index (κ1) is 29.9. The third-order valence-electron chi connectivity index (χ3n) is 6.72. The fraction of sp³-hybridized carbons (Fsp3) is 0.312. The van der Waals surface area contributed by atoms with Crippen LogP contribution in [0, 0.1) is 0 Å². The summed E-state index contributed by atoms with van der Waals surface area (Å²) in [5, 5.41) is 11.7. The Hall–Kier alpha value is -4.08. The molecule has 2 heterocycles. The van der Waals surface area contributed by atoms with E-state index < -0.39 is 0 Å². The lowest BCUT2D eigenvalue weighted by molar-refractivity contribution is 0.0935. The van der Waals surface area contributed by atoms with Gasteiger partial charge < -0.3 is 20.9 Å². The SMILES string of the molecule is CC(C)NC[C@H](Cc1cscn1)NC(=O)c1cc(C(=O)NC(C)c2cccnc2)cc(N(C)Cc2ccccc2)c1. The van der Waals surface area contributed by atoms with Crippen molar-refractivity contribution in [2.45, 2.75) is 51.9 Å². The predicted octanol–water partition coefficient (Wildman–Crippen LogP) is 5.00. The molecule has 0 bridgehead atoms. The van der Waals surface area contributed by atoms with E-state index in [-0.39, 0.29) is 29.9 Å². The molecule has 0 aliphatic heterocycles. The number of aromatic nitrogens is 2. The average molecular weight is 571 g/mol. The van der Waals surface area contributed by atoms with E-state index in [1.165, 1.54) is 11.3 Å². The van der Waals surface area contributed by atoms with Gasteiger partial charge in [-0.2, -0.15) is 0 Å². The third-order valence-corrected chi connectivity index (χ3v) is 7.36. The van der Waals surface area contributed by atoms with Crippen LogP contribution in [0.1, 0.15) is 64.3 Å². The van der Waals surface area contributed by atoms with Crippen molar-refractivity contribution < 1.29 is 9.59 Å². The first-order chi connectivity index (χ1) is 19.8. The van der Waals surface area contributed by atoms with E-state index in [9.17, 15) is 9.59 Å². The largest absolute Gasteiger partial charge is 0.370 e. The van der Waals surface area contributed by atoms with Crippen molar-refractivity contribution in [1.82, 2.24) is 25.9 Å². The summed E-state index contributed by atoms with van der Waals surface area (Å²) >= 11 is 1.54. The molecular weight excluding hydrogens is 532 g/mol. The molecule has 0 saturated heterocycles. The molecule has 8 nitrogen and oxygen atoms in total. The fourth-order valence-electron chi connectivity index (χ4n) is 4.45. The van der Waals surface area contributed by atoms with Gasteiger partial charge in [-0.05, 0) is 42.3 Å². The standard InChI is InChI=1S/C32H38N6O2S/c1-22(2)34-18-28(16-29-20-41-21-35-29)37-32(40)27-13-26(31(39)36-23(3)25-11-8-12-33-17-25)14-30(15-27)38(4)19-24-9-6-5-7-10-24/h5-15,17,20-23,28,34H,16,18-19H2,1-4H3,(H,36,39)(H,37,40)/t23?,28-/m0/s1. The molecular formula is C32H38N6O2S. The number of nitrogens with zero attached hydrogens (tertiary/aromatic N) is 3. The van der Waals surface area contributed by atoms with E-state index in [0.717, 1.165) is 22.5 Å². The number of thiazole rings is 1. The molecule has 0 radical (unpaired) electrons. The first-order valence-electron chi connectivity index (χ1n) is 13.8. The highest BCUT2D eigenvalue weighted by molar-refractivity contribution is 7.07. The summed E-state index contributed by atoms with van der Waals surface area (Å²) in [6.45, 7) is 7.29. The van der Waals surface area contributed by atoms with Crippen LogP contribution < -0.4 is 20.9 Å². The van der Waals surface area contributed by atoms with Crippen LogP contribution in [0.5, 0.6) is 0 Å². The number of amides is 2. The number of rotatable bonds is 13. The molecule has 2 amide bonds. The Kier molecular flexibility index (Phi) is 10.6. The molecule has 0 spiro atoms. The van der Waals surface area contributed by atoms with E-state index in [1.807, 2.05) is 66.7 Å². The van der Waals surface area contributed by atoms with Crippen LogP contribution in [0.3, 0.4) is 0 Å². The summed E-state index contributed by atoms with van der Waals surface area (Å²) in [5.74, 6) is -0.494. The van der Waals surface area contributed by atoms with Gasteiger partial charge in [0, 0.05) is 73.2 Å². The van der Waals surface area contributed by atoms with E-state index in [0.29, 0.717) is 30.6 Å². The van der Waals surface area contributed by atoms with Crippen molar-refractivity contribution >= 4 is 28.8 Å². The highest BCUT2D eigenvalue weighted by Gasteiger charge is 2.20. The second-order valence-corrected chi connectivity index (χ2v) is 11.2. The fourth-order valence-corrected chi connectivity index (χ4v) is 5.02. The van der Waals surface area contributed by atoms with E-state index in [1.54, 1.807) is 24.0 Å². The first-order valence-corrected chi connectivity index (χ1v) is 14.7. The van der Waals surface area contributed by atoms with Gasteiger partial charge in [-0.1, -0.05) is 50.2 Å². The number of carbonyl (C=O) groups is 2. The van der Waals surface area contributed by atoms with Crippen molar-refractivity contribution in [3.8, 4) is 0 Å². The summed E-state index contributed by atoms with van der Waals surface area (Å²) in [7, 11) is 1.96. The maximum atomic E-state index is 13.7. The Morgan fingerprint density at radius 3 is 2.32 bits per heavy atom. The van der Waals surface area contributed by atoms with Crippen molar-refractivity contribution in [3.63, 3.8) is 0 Å². The Morgan fingerprint density at radius 2 is 1.68 bits per heavy atom. The van der Waals surface area contributed by atoms with Gasteiger partial charge in [0.1, 0.15) is 0 Å². The van der Waals surface area contributed by atoms with Gasteiger partial charge in [-0.15, -0.1) is 11.3 Å². The molecule has 0 saturated carbocycles. The minimum Gasteiger partial charge on any atom is -0.370 e. The predicted molar refractivity (Wildman–Crippen MR) is 165 cm³/mol. The summed E-state index contributed by atoms with van der Waals surface area (Å²) in [6.07, 6.45) is 4.05. The molecule has 4 aromatic rings. The van der Waals surface area contributed by atoms with Crippen LogP contribution in [0.4, 0.5) is 5.69 Å². The molecule has 2 atom stereocenters. The average Bonchev–Trinajstić information content (AvgIpc) is 3.49. The molecule has 0 aliphatic rings. The summed E-state index contributed by atoms with van der Waals surface area (Å²) < 4.78 is 0. The monoisotopic (exact) mass is 570 g/mol. The minimum absolute atomic E-state index is 0.166. The summed E-state index contributed by atoms with van der Waals surface area (Å²) in [5.41, 5.74) is 6.38. The number of anilines is 1. The molecule has 41 heavy (non-hydrogen) atoms. The van der Waals surface area contributed by atoms with Gasteiger partial charge in [-0.3, -0.25) is 14.6 Å². The smallest absolute Gasteiger partial charge is 0.251 e. The number of pyridine rings is 1. The van der Waals surface area contributed by atoms with Gasteiger partial charge in [0.2, 0.25) is 0 Å². The Bertz CT molecular complexity index is 1400. The second-order valence-electron chi connectivity index (χ2n) is 10.5. The number of benzene rings is 2. The summed E-state index contributed by atoms with van der Waals surface area (Å²) in [6, 6.07) is 19.1. The normalized spacial score (nSPS) is 12.5. The van der Waals surface area contributed by atoms with Gasteiger partial charge >= 0.3 is 0 Å². The zero-order valence-corrected chi connectivity index (χ0v) is 24.8. The topological polar surface area (TPSA) is 99.2 Å². The van der Waals surface area contributed by atoms with Crippen molar-refractivity contribution in [1.29, 1.82) is 0 Å². The summed E-state index contributed by atoms with van der Waals surface area (Å²) in [4.78, 5) is 37.7. The van der Waals surface area contributed by atoms with E-state index in [2.05, 4.69) is 51.9 Å². The molecule has 2 aromatic heterocycles. The van der Waals surface area contributed by atoms with Crippen molar-refractivity contribution in [2.75, 3.05) is 18.5 Å². The number of hydrogen-bond acceptors (Lipinski definition) is 7.